The van der Waals surface area contributed by atoms with Crippen LogP contribution in [-0.2, 0) is 37.5 Å². The van der Waals surface area contributed by atoms with Crippen LogP contribution in [0.5, 0.6) is 0 Å². The molecule has 0 amide bonds. The minimum Gasteiger partial charge on any atom is -0.480 e. The first kappa shape index (κ1) is 55.2. The third-order valence-corrected chi connectivity index (χ3v) is 10.2. The maximum atomic E-state index is 12.6. The van der Waals surface area contributed by atoms with E-state index in [0.717, 1.165) is 83.5 Å². The number of ether oxygens (including phenoxy) is 2. The van der Waals surface area contributed by atoms with Gasteiger partial charge in [-0.3, -0.25) is 23.4 Å². The van der Waals surface area contributed by atoms with Crippen molar-refractivity contribution in [2.24, 2.45) is 5.73 Å². The Bertz CT molecular complexity index is 1210. The SMILES string of the molecule is CC/C=C\C/C=C\C/C=C\CCCCCCCC(=O)OC[C@H](COP(=O)(O)OC[C@H](N)C(=O)O)OC(=O)CCCCCCCCCCC/C=C\C/C=C\CCCCC. The average molecular weight is 838 g/mol. The molecule has 0 aliphatic carbocycles. The minimum absolute atomic E-state index is 0.150. The Morgan fingerprint density at radius 1 is 0.552 bits per heavy atom. The predicted octanol–water partition coefficient (Wildman–Crippen LogP) is 12.0. The number of hydrogen-bond donors (Lipinski definition) is 3. The van der Waals surface area contributed by atoms with E-state index in [0.29, 0.717) is 12.8 Å². The molecule has 4 N–H and O–H groups in total. The molecule has 12 heteroatoms. The van der Waals surface area contributed by atoms with Gasteiger partial charge in [-0.2, -0.15) is 0 Å². The number of carboxylic acids is 1. The van der Waals surface area contributed by atoms with E-state index in [1.54, 1.807) is 0 Å². The number of esters is 2. The van der Waals surface area contributed by atoms with Gasteiger partial charge in [0.05, 0.1) is 13.2 Å². The largest absolute Gasteiger partial charge is 0.480 e. The topological polar surface area (TPSA) is 172 Å². The second-order valence-corrected chi connectivity index (χ2v) is 16.2. The van der Waals surface area contributed by atoms with Crippen LogP contribution in [0.3, 0.4) is 0 Å². The lowest BCUT2D eigenvalue weighted by Crippen LogP contribution is -2.34. The second kappa shape index (κ2) is 40.9. The van der Waals surface area contributed by atoms with Crippen molar-refractivity contribution in [3.63, 3.8) is 0 Å². The number of phosphoric ester groups is 1. The van der Waals surface area contributed by atoms with Gasteiger partial charge in [0.15, 0.2) is 6.10 Å². The second-order valence-electron chi connectivity index (χ2n) is 14.8. The Balaban J connectivity index is 4.37. The lowest BCUT2D eigenvalue weighted by Gasteiger charge is -2.20. The van der Waals surface area contributed by atoms with Crippen LogP contribution in [0.25, 0.3) is 0 Å². The van der Waals surface area contributed by atoms with Gasteiger partial charge in [-0.05, 0) is 77.0 Å². The van der Waals surface area contributed by atoms with Crippen molar-refractivity contribution in [3.05, 3.63) is 60.8 Å². The van der Waals surface area contributed by atoms with Crippen LogP contribution in [0.4, 0.5) is 0 Å². The molecule has 0 heterocycles. The van der Waals surface area contributed by atoms with Crippen molar-refractivity contribution < 1.29 is 47.5 Å². The van der Waals surface area contributed by atoms with Crippen LogP contribution >= 0.6 is 7.82 Å². The molecule has 0 aliphatic rings. The maximum absolute atomic E-state index is 12.6. The number of carboxylic acid groups (broad SMARTS) is 1. The van der Waals surface area contributed by atoms with Gasteiger partial charge in [-0.1, -0.05) is 152 Å². The van der Waals surface area contributed by atoms with Crippen LogP contribution in [0, 0.1) is 0 Å². The third-order valence-electron chi connectivity index (χ3n) is 9.25. The first-order valence-corrected chi connectivity index (χ1v) is 23.8. The first-order valence-electron chi connectivity index (χ1n) is 22.3. The van der Waals surface area contributed by atoms with Crippen molar-refractivity contribution in [2.45, 2.75) is 193 Å². The van der Waals surface area contributed by atoms with Crippen molar-refractivity contribution >= 4 is 25.7 Å². The lowest BCUT2D eigenvalue weighted by molar-refractivity contribution is -0.161. The number of aliphatic carboxylic acids is 1. The molecule has 0 aliphatic heterocycles. The summed E-state index contributed by atoms with van der Waals surface area (Å²) in [5.74, 6) is -2.41. The molecule has 58 heavy (non-hydrogen) atoms. The van der Waals surface area contributed by atoms with E-state index in [-0.39, 0.29) is 19.4 Å². The summed E-state index contributed by atoms with van der Waals surface area (Å²) < 4.78 is 32.7. The van der Waals surface area contributed by atoms with Gasteiger partial charge in [0.25, 0.3) is 0 Å². The standard InChI is InChI=1S/C46H80NO10P/c1-3-5-7-9-11-13-15-17-19-20-21-22-24-26-28-30-32-34-36-38-45(49)57-42(40-55-58(52,53)56-41-43(47)46(50)51)39-54-44(48)37-35-33-31-29-27-25-23-18-16-14-12-10-8-6-4-2/h6,8,11-14,17-19,23,42-43H,3-5,7,9-10,15-16,20-22,24-41,47H2,1-2H3,(H,50,51)(H,52,53)/b8-6-,13-11-,14-12-,19-17-,23-18-/t42-,43+/m1/s1. The zero-order chi connectivity index (χ0) is 42.8. The van der Waals surface area contributed by atoms with Crippen LogP contribution < -0.4 is 5.73 Å². The zero-order valence-corrected chi connectivity index (χ0v) is 37.0. The molecule has 1 unspecified atom stereocenters. The van der Waals surface area contributed by atoms with Crippen molar-refractivity contribution in [1.29, 1.82) is 0 Å². The summed E-state index contributed by atoms with van der Waals surface area (Å²) in [5, 5.41) is 8.89. The molecule has 334 valence electrons. The van der Waals surface area contributed by atoms with E-state index < -0.39 is 51.1 Å². The number of carbonyl (C=O) groups is 3. The summed E-state index contributed by atoms with van der Waals surface area (Å²) in [5.41, 5.74) is 5.33. The van der Waals surface area contributed by atoms with Gasteiger partial charge in [0, 0.05) is 12.8 Å². The van der Waals surface area contributed by atoms with Crippen LogP contribution in [0.15, 0.2) is 60.8 Å². The van der Waals surface area contributed by atoms with Crippen LogP contribution in [0.1, 0.15) is 181 Å². The number of nitrogens with two attached hydrogens (primary N) is 1. The van der Waals surface area contributed by atoms with Crippen molar-refractivity contribution in [3.8, 4) is 0 Å². The summed E-state index contributed by atoms with van der Waals surface area (Å²) in [6.45, 7) is 2.64. The highest BCUT2D eigenvalue weighted by molar-refractivity contribution is 7.47. The molecule has 0 spiro atoms. The molecular weight excluding hydrogens is 757 g/mol. The van der Waals surface area contributed by atoms with E-state index in [1.165, 1.54) is 57.8 Å². The monoisotopic (exact) mass is 838 g/mol. The van der Waals surface area contributed by atoms with E-state index in [1.807, 2.05) is 0 Å². The summed E-state index contributed by atoms with van der Waals surface area (Å²) >= 11 is 0. The fourth-order valence-electron chi connectivity index (χ4n) is 5.76. The summed E-state index contributed by atoms with van der Waals surface area (Å²) in [6, 6.07) is -1.53. The summed E-state index contributed by atoms with van der Waals surface area (Å²) in [6.07, 6.45) is 47.1. The molecule has 0 rings (SSSR count). The van der Waals surface area contributed by atoms with Crippen molar-refractivity contribution in [2.75, 3.05) is 19.8 Å². The maximum Gasteiger partial charge on any atom is 0.472 e. The van der Waals surface area contributed by atoms with E-state index >= 15 is 0 Å². The Labute approximate surface area is 351 Å². The van der Waals surface area contributed by atoms with Gasteiger partial charge in [0.1, 0.15) is 12.6 Å². The van der Waals surface area contributed by atoms with Crippen molar-refractivity contribution in [1.82, 2.24) is 0 Å². The highest BCUT2D eigenvalue weighted by Gasteiger charge is 2.28. The molecule has 0 aromatic rings. The quantitative estimate of drug-likeness (QED) is 0.0231. The normalized spacial score (nSPS) is 14.3. The van der Waals surface area contributed by atoms with Gasteiger partial charge < -0.3 is 25.2 Å². The number of hydrogen-bond acceptors (Lipinski definition) is 9. The number of allylic oxidation sites excluding steroid dienone is 10. The molecule has 0 fully saturated rings. The Hall–Kier alpha value is -2.82. The molecule has 0 aromatic carbocycles. The molecule has 0 saturated carbocycles. The number of carbonyl (C=O) groups excluding carboxylic acids is 2. The molecule has 0 saturated heterocycles. The fourth-order valence-corrected chi connectivity index (χ4v) is 6.53. The van der Waals surface area contributed by atoms with E-state index in [9.17, 15) is 23.8 Å². The van der Waals surface area contributed by atoms with Gasteiger partial charge >= 0.3 is 25.7 Å². The van der Waals surface area contributed by atoms with Crippen LogP contribution in [-0.4, -0.2) is 59.9 Å². The predicted molar refractivity (Wildman–Crippen MR) is 235 cm³/mol. The van der Waals surface area contributed by atoms with Gasteiger partial charge in [-0.25, -0.2) is 4.57 Å². The highest BCUT2D eigenvalue weighted by Crippen LogP contribution is 2.43. The van der Waals surface area contributed by atoms with Gasteiger partial charge in [0.2, 0.25) is 0 Å². The highest BCUT2D eigenvalue weighted by atomic mass is 31.2. The number of unbranched alkanes of at least 4 members (excludes halogenated alkanes) is 17. The first-order chi connectivity index (χ1) is 28.1. The molecule has 11 nitrogen and oxygen atoms in total. The van der Waals surface area contributed by atoms with E-state index in [2.05, 4.69) is 79.1 Å². The lowest BCUT2D eigenvalue weighted by atomic mass is 10.1. The van der Waals surface area contributed by atoms with Crippen LogP contribution in [0.2, 0.25) is 0 Å². The minimum atomic E-state index is -4.72. The smallest absolute Gasteiger partial charge is 0.472 e. The number of rotatable bonds is 41. The molecule has 0 bridgehead atoms. The third kappa shape index (κ3) is 40.0. The molecule has 3 atom stereocenters. The number of phosphoric acid groups is 1. The Morgan fingerprint density at radius 3 is 1.45 bits per heavy atom. The zero-order valence-electron chi connectivity index (χ0n) is 36.1. The van der Waals surface area contributed by atoms with Gasteiger partial charge in [-0.15, -0.1) is 0 Å². The molecule has 0 aromatic heterocycles. The Morgan fingerprint density at radius 2 is 0.966 bits per heavy atom. The van der Waals surface area contributed by atoms with E-state index in [4.69, 9.17) is 24.8 Å². The molecular formula is C46H80NO10P. The fraction of sp³-hybridized carbons (Fsp3) is 0.717. The average Bonchev–Trinajstić information content (AvgIpc) is 3.20. The summed E-state index contributed by atoms with van der Waals surface area (Å²) in [4.78, 5) is 46.0. The summed E-state index contributed by atoms with van der Waals surface area (Å²) in [7, 11) is -4.72. The Kier molecular flexibility index (Phi) is 38.9. The molecule has 0 radical (unpaired) electrons.